The molecule has 3 rings (SSSR count). The van der Waals surface area contributed by atoms with Crippen molar-refractivity contribution in [2.45, 2.75) is 26.4 Å². The molecule has 3 heterocycles. The van der Waals surface area contributed by atoms with Gasteiger partial charge in [-0.2, -0.15) is 4.39 Å². The van der Waals surface area contributed by atoms with Crippen LogP contribution in [-0.4, -0.2) is 40.5 Å². The van der Waals surface area contributed by atoms with Crippen molar-refractivity contribution in [3.63, 3.8) is 0 Å². The molecule has 0 amide bonds. The van der Waals surface area contributed by atoms with Crippen molar-refractivity contribution in [3.05, 3.63) is 53.7 Å². The quantitative estimate of drug-likeness (QED) is 0.816. The van der Waals surface area contributed by atoms with Crippen LogP contribution in [0.2, 0.25) is 0 Å². The fourth-order valence-electron chi connectivity index (χ4n) is 3.00. The van der Waals surface area contributed by atoms with Crippen LogP contribution >= 0.6 is 0 Å². The molecule has 0 spiro atoms. The van der Waals surface area contributed by atoms with Crippen molar-refractivity contribution >= 4 is 5.82 Å². The van der Waals surface area contributed by atoms with Crippen LogP contribution in [0, 0.1) is 12.9 Å². The number of aryl methyl sites for hydroxylation is 1. The predicted octanol–water partition coefficient (Wildman–Crippen LogP) is 2.63. The van der Waals surface area contributed by atoms with Gasteiger partial charge in [0.2, 0.25) is 5.95 Å². The molecule has 1 atom stereocenters. The highest BCUT2D eigenvalue weighted by Crippen LogP contribution is 2.20. The molecule has 1 aliphatic rings. The fraction of sp³-hybridized carbons (Fsp3) is 0.412. The molecule has 1 aliphatic heterocycles. The molecule has 1 saturated heterocycles. The van der Waals surface area contributed by atoms with Crippen molar-refractivity contribution < 1.29 is 4.39 Å². The Kier molecular flexibility index (Phi) is 4.34. The van der Waals surface area contributed by atoms with Crippen molar-refractivity contribution in [3.8, 4) is 0 Å². The molecule has 0 bridgehead atoms. The maximum atomic E-state index is 13.3. The monoisotopic (exact) mass is 300 g/mol. The zero-order valence-electron chi connectivity index (χ0n) is 13.0. The van der Waals surface area contributed by atoms with Crippen molar-refractivity contribution in [1.82, 2.24) is 14.9 Å². The van der Waals surface area contributed by atoms with Gasteiger partial charge in [0.25, 0.3) is 0 Å². The van der Waals surface area contributed by atoms with Gasteiger partial charge in [-0.15, -0.1) is 0 Å². The van der Waals surface area contributed by atoms with E-state index in [0.29, 0.717) is 6.04 Å². The van der Waals surface area contributed by atoms with Gasteiger partial charge in [-0.25, -0.2) is 4.98 Å². The van der Waals surface area contributed by atoms with E-state index in [-0.39, 0.29) is 0 Å². The predicted molar refractivity (Wildman–Crippen MR) is 85.3 cm³/mol. The van der Waals surface area contributed by atoms with Crippen LogP contribution in [0.3, 0.4) is 0 Å². The molecule has 0 radical (unpaired) electrons. The van der Waals surface area contributed by atoms with E-state index < -0.39 is 5.95 Å². The van der Waals surface area contributed by atoms with E-state index in [1.807, 2.05) is 25.3 Å². The number of nitrogens with zero attached hydrogens (tertiary/aromatic N) is 4. The molecule has 1 unspecified atom stereocenters. The molecule has 4 nitrogen and oxygen atoms in total. The number of rotatable bonds is 3. The van der Waals surface area contributed by atoms with Crippen molar-refractivity contribution in [1.29, 1.82) is 0 Å². The molecule has 0 saturated carbocycles. The third kappa shape index (κ3) is 3.25. The van der Waals surface area contributed by atoms with Crippen LogP contribution in [-0.2, 0) is 6.54 Å². The Labute approximate surface area is 130 Å². The number of aromatic nitrogens is 2. The first-order chi connectivity index (χ1) is 10.6. The Morgan fingerprint density at radius 2 is 2.09 bits per heavy atom. The van der Waals surface area contributed by atoms with Crippen molar-refractivity contribution in [2.75, 3.05) is 24.5 Å². The Balaban J connectivity index is 1.66. The average molecular weight is 300 g/mol. The van der Waals surface area contributed by atoms with E-state index in [4.69, 9.17) is 0 Å². The van der Waals surface area contributed by atoms with Gasteiger partial charge in [0.15, 0.2) is 0 Å². The first-order valence-electron chi connectivity index (χ1n) is 7.65. The summed E-state index contributed by atoms with van der Waals surface area (Å²) >= 11 is 0. The molecule has 22 heavy (non-hydrogen) atoms. The second-order valence-corrected chi connectivity index (χ2v) is 5.84. The molecule has 2 aromatic heterocycles. The van der Waals surface area contributed by atoms with Gasteiger partial charge in [-0.05, 0) is 37.6 Å². The fourth-order valence-corrected chi connectivity index (χ4v) is 3.00. The molecular formula is C17H21FN4. The van der Waals surface area contributed by atoms with Gasteiger partial charge in [-0.1, -0.05) is 12.1 Å². The molecule has 5 heteroatoms. The molecule has 1 fully saturated rings. The highest BCUT2D eigenvalue weighted by Gasteiger charge is 2.25. The van der Waals surface area contributed by atoms with Crippen LogP contribution in [0.1, 0.15) is 18.2 Å². The van der Waals surface area contributed by atoms with Gasteiger partial charge < -0.3 is 4.90 Å². The summed E-state index contributed by atoms with van der Waals surface area (Å²) in [6.07, 6.45) is 1.83. The summed E-state index contributed by atoms with van der Waals surface area (Å²) in [7, 11) is 0. The van der Waals surface area contributed by atoms with Gasteiger partial charge in [-0.3, -0.25) is 9.88 Å². The molecule has 0 N–H and O–H groups in total. The molecule has 0 aromatic carbocycles. The third-order valence-electron chi connectivity index (χ3n) is 4.22. The van der Waals surface area contributed by atoms with E-state index in [2.05, 4.69) is 32.8 Å². The van der Waals surface area contributed by atoms with E-state index >= 15 is 0 Å². The number of hydrogen-bond donors (Lipinski definition) is 0. The Morgan fingerprint density at radius 1 is 1.23 bits per heavy atom. The van der Waals surface area contributed by atoms with Gasteiger partial charge in [0.05, 0.1) is 0 Å². The maximum absolute atomic E-state index is 13.3. The Morgan fingerprint density at radius 3 is 2.82 bits per heavy atom. The van der Waals surface area contributed by atoms with Crippen LogP contribution in [0.15, 0.2) is 36.5 Å². The second kappa shape index (κ2) is 6.40. The molecule has 2 aromatic rings. The zero-order valence-corrected chi connectivity index (χ0v) is 13.0. The van der Waals surface area contributed by atoms with Crippen LogP contribution in [0.5, 0.6) is 0 Å². The SMILES string of the molecule is Cc1ncccc1CN1CCN(c2cccc(F)n2)C(C)C1. The summed E-state index contributed by atoms with van der Waals surface area (Å²) in [5.74, 6) is 0.308. The summed E-state index contributed by atoms with van der Waals surface area (Å²) in [4.78, 5) is 12.9. The normalized spacial score (nSPS) is 19.4. The van der Waals surface area contributed by atoms with E-state index in [9.17, 15) is 4.39 Å². The smallest absolute Gasteiger partial charge is 0.214 e. The standard InChI is InChI=1S/C17H21FN4/c1-13-11-21(12-15-5-4-8-19-14(15)2)9-10-22(13)17-7-3-6-16(18)20-17/h3-8,13H,9-12H2,1-2H3. The topological polar surface area (TPSA) is 32.3 Å². The largest absolute Gasteiger partial charge is 0.351 e. The Hall–Kier alpha value is -2.01. The highest BCUT2D eigenvalue weighted by molar-refractivity contribution is 5.40. The lowest BCUT2D eigenvalue weighted by Gasteiger charge is -2.40. The van der Waals surface area contributed by atoms with Crippen molar-refractivity contribution in [2.24, 2.45) is 0 Å². The summed E-state index contributed by atoms with van der Waals surface area (Å²) in [6.45, 7) is 7.86. The second-order valence-electron chi connectivity index (χ2n) is 5.84. The summed E-state index contributed by atoms with van der Waals surface area (Å²) in [5, 5.41) is 0. The maximum Gasteiger partial charge on any atom is 0.214 e. The number of piperazine rings is 1. The first-order valence-corrected chi connectivity index (χ1v) is 7.65. The minimum absolute atomic E-state index is 0.306. The zero-order chi connectivity index (χ0) is 15.5. The first kappa shape index (κ1) is 14.9. The lowest BCUT2D eigenvalue weighted by atomic mass is 10.1. The molecular weight excluding hydrogens is 279 g/mol. The molecule has 116 valence electrons. The van der Waals surface area contributed by atoms with Crippen LogP contribution in [0.25, 0.3) is 0 Å². The molecule has 0 aliphatic carbocycles. The summed E-state index contributed by atoms with van der Waals surface area (Å²) < 4.78 is 13.3. The van der Waals surface area contributed by atoms with Crippen LogP contribution < -0.4 is 4.90 Å². The van der Waals surface area contributed by atoms with E-state index in [1.165, 1.54) is 11.6 Å². The lowest BCUT2D eigenvalue weighted by Crippen LogP contribution is -2.52. The Bertz CT molecular complexity index is 646. The minimum atomic E-state index is -0.418. The summed E-state index contributed by atoms with van der Waals surface area (Å²) in [6, 6.07) is 9.40. The minimum Gasteiger partial charge on any atom is -0.351 e. The lowest BCUT2D eigenvalue weighted by molar-refractivity contribution is 0.219. The highest BCUT2D eigenvalue weighted by atomic mass is 19.1. The van der Waals surface area contributed by atoms with Gasteiger partial charge in [0, 0.05) is 44.1 Å². The van der Waals surface area contributed by atoms with E-state index in [1.54, 1.807) is 6.07 Å². The average Bonchev–Trinajstić information content (AvgIpc) is 2.50. The number of pyridine rings is 2. The number of hydrogen-bond acceptors (Lipinski definition) is 4. The number of halogens is 1. The third-order valence-corrected chi connectivity index (χ3v) is 4.22. The van der Waals surface area contributed by atoms with Gasteiger partial charge in [0.1, 0.15) is 5.82 Å². The number of anilines is 1. The summed E-state index contributed by atoms with van der Waals surface area (Å²) in [5.41, 5.74) is 2.36. The van der Waals surface area contributed by atoms with Crippen LogP contribution in [0.4, 0.5) is 10.2 Å². The van der Waals surface area contributed by atoms with E-state index in [0.717, 1.165) is 37.7 Å². The van der Waals surface area contributed by atoms with Gasteiger partial charge >= 0.3 is 0 Å².